The van der Waals surface area contributed by atoms with Crippen molar-refractivity contribution in [3.05, 3.63) is 23.8 Å². The Hall–Kier alpha value is -2.04. The van der Waals surface area contributed by atoms with Gasteiger partial charge in [-0.2, -0.15) is 0 Å². The molecule has 1 atom stereocenters. The number of carbonyl (C=O) groups excluding carboxylic acids is 2. The first-order valence-corrected chi connectivity index (χ1v) is 11.0. The van der Waals surface area contributed by atoms with Crippen LogP contribution in [-0.2, 0) is 4.79 Å². The van der Waals surface area contributed by atoms with Gasteiger partial charge in [0.25, 0.3) is 5.91 Å². The molecule has 28 heavy (non-hydrogen) atoms. The molecule has 2 rings (SSSR count). The second-order valence-electron chi connectivity index (χ2n) is 7.64. The molecule has 156 valence electrons. The van der Waals surface area contributed by atoms with Crippen LogP contribution in [0.2, 0.25) is 0 Å². The van der Waals surface area contributed by atoms with Gasteiger partial charge in [0.15, 0.2) is 0 Å². The molecular weight excluding hydrogens is 350 g/mol. The minimum atomic E-state index is 0.0279. The summed E-state index contributed by atoms with van der Waals surface area (Å²) in [5.74, 6) is 0.132. The third-order valence-electron chi connectivity index (χ3n) is 5.76. The first-order valence-electron chi connectivity index (χ1n) is 11.0. The molecule has 1 saturated heterocycles. The summed E-state index contributed by atoms with van der Waals surface area (Å²) in [7, 11) is 0. The molecule has 0 aliphatic carbocycles. The van der Waals surface area contributed by atoms with Crippen molar-refractivity contribution in [1.29, 1.82) is 0 Å². The van der Waals surface area contributed by atoms with Gasteiger partial charge in [0.05, 0.1) is 5.56 Å². The molecular formula is C23H37N3O2. The largest absolute Gasteiger partial charge is 0.371 e. The van der Waals surface area contributed by atoms with Crippen molar-refractivity contribution in [2.45, 2.75) is 66.2 Å². The van der Waals surface area contributed by atoms with E-state index in [1.54, 1.807) is 0 Å². The summed E-state index contributed by atoms with van der Waals surface area (Å²) >= 11 is 0. The van der Waals surface area contributed by atoms with E-state index in [0.29, 0.717) is 18.7 Å². The number of hydrogen-bond donors (Lipinski definition) is 1. The van der Waals surface area contributed by atoms with E-state index in [2.05, 4.69) is 24.1 Å². The lowest BCUT2D eigenvalue weighted by Gasteiger charge is -2.26. The first kappa shape index (κ1) is 22.3. The fourth-order valence-electron chi connectivity index (χ4n) is 3.92. The van der Waals surface area contributed by atoms with Gasteiger partial charge in [0.2, 0.25) is 5.91 Å². The van der Waals surface area contributed by atoms with Crippen molar-refractivity contribution < 1.29 is 9.59 Å². The van der Waals surface area contributed by atoms with E-state index < -0.39 is 0 Å². The summed E-state index contributed by atoms with van der Waals surface area (Å²) in [6.07, 6.45) is 6.22. The molecule has 1 aromatic rings. The quantitative estimate of drug-likeness (QED) is 0.620. The van der Waals surface area contributed by atoms with Crippen molar-refractivity contribution in [3.63, 3.8) is 0 Å². The summed E-state index contributed by atoms with van der Waals surface area (Å²) in [4.78, 5) is 30.0. The van der Waals surface area contributed by atoms with E-state index in [0.717, 1.165) is 63.0 Å². The Bertz CT molecular complexity index is 649. The molecule has 0 radical (unpaired) electrons. The Morgan fingerprint density at radius 1 is 1.11 bits per heavy atom. The zero-order valence-electron chi connectivity index (χ0n) is 18.1. The van der Waals surface area contributed by atoms with Gasteiger partial charge in [-0.1, -0.05) is 26.7 Å². The number of anilines is 2. The van der Waals surface area contributed by atoms with E-state index in [1.165, 1.54) is 0 Å². The number of carbonyl (C=O) groups is 2. The number of hydrogen-bond acceptors (Lipinski definition) is 3. The maximum Gasteiger partial charge on any atom is 0.256 e. The maximum absolute atomic E-state index is 13.1. The van der Waals surface area contributed by atoms with Gasteiger partial charge in [-0.15, -0.1) is 0 Å². The topological polar surface area (TPSA) is 52.7 Å². The third-order valence-corrected chi connectivity index (χ3v) is 5.76. The molecule has 2 amide bonds. The monoisotopic (exact) mass is 387 g/mol. The predicted molar refractivity (Wildman–Crippen MR) is 117 cm³/mol. The maximum atomic E-state index is 13.1. The molecule has 1 fully saturated rings. The minimum Gasteiger partial charge on any atom is -0.371 e. The number of rotatable bonds is 10. The Morgan fingerprint density at radius 2 is 1.79 bits per heavy atom. The molecule has 0 bridgehead atoms. The third kappa shape index (κ3) is 5.49. The van der Waals surface area contributed by atoms with E-state index in [4.69, 9.17) is 0 Å². The number of nitrogens with zero attached hydrogens (tertiary/aromatic N) is 2. The van der Waals surface area contributed by atoms with Crippen molar-refractivity contribution in [2.75, 3.05) is 36.4 Å². The second kappa shape index (κ2) is 11.1. The Kier molecular flexibility index (Phi) is 8.81. The molecule has 5 heteroatoms. The molecule has 1 aromatic carbocycles. The molecule has 1 heterocycles. The van der Waals surface area contributed by atoms with Crippen molar-refractivity contribution >= 4 is 23.2 Å². The Balaban J connectivity index is 2.27. The average Bonchev–Trinajstić information content (AvgIpc) is 3.24. The zero-order chi connectivity index (χ0) is 20.5. The normalized spacial score (nSPS) is 14.8. The van der Waals surface area contributed by atoms with E-state index in [1.807, 2.05) is 36.9 Å². The summed E-state index contributed by atoms with van der Waals surface area (Å²) in [6, 6.07) is 5.82. The molecule has 1 aliphatic rings. The highest BCUT2D eigenvalue weighted by Gasteiger charge is 2.23. The number of amides is 2. The average molecular weight is 388 g/mol. The molecule has 5 nitrogen and oxygen atoms in total. The van der Waals surface area contributed by atoms with Gasteiger partial charge in [-0.25, -0.2) is 0 Å². The molecule has 0 saturated carbocycles. The number of unbranched alkanes of at least 4 members (excludes halogenated alkanes) is 1. The van der Waals surface area contributed by atoms with E-state index in [-0.39, 0.29) is 17.7 Å². The van der Waals surface area contributed by atoms with Crippen LogP contribution in [0.5, 0.6) is 0 Å². The summed E-state index contributed by atoms with van der Waals surface area (Å²) in [6.45, 7) is 11.5. The van der Waals surface area contributed by atoms with Crippen LogP contribution in [-0.4, -0.2) is 42.9 Å². The lowest BCUT2D eigenvalue weighted by Crippen LogP contribution is -2.32. The van der Waals surface area contributed by atoms with E-state index in [9.17, 15) is 9.59 Å². The van der Waals surface area contributed by atoms with Gasteiger partial charge in [0, 0.05) is 43.5 Å². The van der Waals surface area contributed by atoms with Crippen LogP contribution in [0.1, 0.15) is 76.6 Å². The summed E-state index contributed by atoms with van der Waals surface area (Å²) in [5, 5.41) is 3.06. The minimum absolute atomic E-state index is 0.0279. The fourth-order valence-corrected chi connectivity index (χ4v) is 3.92. The van der Waals surface area contributed by atoms with Crippen LogP contribution in [0, 0.1) is 5.92 Å². The van der Waals surface area contributed by atoms with Crippen LogP contribution < -0.4 is 10.2 Å². The molecule has 1 aliphatic heterocycles. The van der Waals surface area contributed by atoms with Crippen LogP contribution in [0.3, 0.4) is 0 Å². The predicted octanol–water partition coefficient (Wildman–Crippen LogP) is 4.92. The lowest BCUT2D eigenvalue weighted by atomic mass is 9.98. The van der Waals surface area contributed by atoms with Crippen molar-refractivity contribution in [2.24, 2.45) is 5.92 Å². The Morgan fingerprint density at radius 3 is 2.36 bits per heavy atom. The van der Waals surface area contributed by atoms with Crippen LogP contribution >= 0.6 is 0 Å². The molecule has 0 spiro atoms. The van der Waals surface area contributed by atoms with Crippen molar-refractivity contribution in [3.8, 4) is 0 Å². The zero-order valence-corrected chi connectivity index (χ0v) is 18.1. The molecule has 1 N–H and O–H groups in total. The van der Waals surface area contributed by atoms with Crippen molar-refractivity contribution in [1.82, 2.24) is 4.90 Å². The van der Waals surface area contributed by atoms with Gasteiger partial charge < -0.3 is 15.1 Å². The smallest absolute Gasteiger partial charge is 0.256 e. The second-order valence-corrected chi connectivity index (χ2v) is 7.64. The highest BCUT2D eigenvalue weighted by Crippen LogP contribution is 2.29. The summed E-state index contributed by atoms with van der Waals surface area (Å²) in [5.41, 5.74) is 2.41. The van der Waals surface area contributed by atoms with Crippen LogP contribution in [0.15, 0.2) is 18.2 Å². The van der Waals surface area contributed by atoms with Gasteiger partial charge >= 0.3 is 0 Å². The van der Waals surface area contributed by atoms with Crippen LogP contribution in [0.4, 0.5) is 11.4 Å². The number of nitrogens with one attached hydrogen (secondary N) is 1. The lowest BCUT2D eigenvalue weighted by molar-refractivity contribution is -0.120. The van der Waals surface area contributed by atoms with Crippen LogP contribution in [0.25, 0.3) is 0 Å². The van der Waals surface area contributed by atoms with Gasteiger partial charge in [0.1, 0.15) is 0 Å². The van der Waals surface area contributed by atoms with Gasteiger partial charge in [-0.3, -0.25) is 9.59 Å². The fraction of sp³-hybridized carbons (Fsp3) is 0.652. The Labute approximate surface area is 170 Å². The highest BCUT2D eigenvalue weighted by molar-refractivity contribution is 6.02. The molecule has 0 unspecified atom stereocenters. The standard InChI is InChI=1S/C23H37N3O2/c1-5-9-12-18(6-2)22(27)24-19-13-14-21(26-15-10-11-16-26)20(17-19)23(28)25(7-3)8-4/h13-14,17-18H,5-12,15-16H2,1-4H3,(H,24,27)/t18-/m1/s1. The number of benzene rings is 1. The highest BCUT2D eigenvalue weighted by atomic mass is 16.2. The SMILES string of the molecule is CCCC[C@@H](CC)C(=O)Nc1ccc(N2CCCC2)c(C(=O)N(CC)CC)c1. The van der Waals surface area contributed by atoms with Gasteiger partial charge in [-0.05, 0) is 57.7 Å². The summed E-state index contributed by atoms with van der Waals surface area (Å²) < 4.78 is 0. The first-order chi connectivity index (χ1) is 13.5. The van der Waals surface area contributed by atoms with E-state index >= 15 is 0 Å². The molecule has 0 aromatic heterocycles.